The molecule has 1 aliphatic carbocycles. The quantitative estimate of drug-likeness (QED) is 0.667. The monoisotopic (exact) mass is 242 g/mol. The zero-order valence-corrected chi connectivity index (χ0v) is 11.3. The van der Waals surface area contributed by atoms with E-state index < -0.39 is 0 Å². The number of carbonyl (C=O) groups excluding carboxylic acids is 1. The van der Waals surface area contributed by atoms with Gasteiger partial charge in [0, 0.05) is 18.0 Å². The van der Waals surface area contributed by atoms with Crippen LogP contribution < -0.4 is 5.32 Å². The molecular formula is C13H26N2O2. The molecule has 2 N–H and O–H groups in total. The molecule has 17 heavy (non-hydrogen) atoms. The van der Waals surface area contributed by atoms with Gasteiger partial charge in [0.15, 0.2) is 0 Å². The summed E-state index contributed by atoms with van der Waals surface area (Å²) < 4.78 is 0. The number of aliphatic hydroxyl groups excluding tert-OH is 1. The second kappa shape index (κ2) is 6.36. The fourth-order valence-corrected chi connectivity index (χ4v) is 1.99. The van der Waals surface area contributed by atoms with Crippen molar-refractivity contribution in [2.75, 3.05) is 26.7 Å². The summed E-state index contributed by atoms with van der Waals surface area (Å²) in [6.07, 6.45) is 4.21. The average molecular weight is 242 g/mol. The van der Waals surface area contributed by atoms with Crippen LogP contribution in [-0.2, 0) is 4.79 Å². The van der Waals surface area contributed by atoms with Crippen molar-refractivity contribution in [2.45, 2.75) is 45.6 Å². The van der Waals surface area contributed by atoms with Gasteiger partial charge in [-0.15, -0.1) is 0 Å². The van der Waals surface area contributed by atoms with Crippen LogP contribution in [-0.4, -0.2) is 48.7 Å². The lowest BCUT2D eigenvalue weighted by atomic mass is 9.83. The minimum absolute atomic E-state index is 0.0686. The number of hydrogen-bond donors (Lipinski definition) is 2. The third kappa shape index (κ3) is 4.28. The first-order valence-electron chi connectivity index (χ1n) is 6.64. The van der Waals surface area contributed by atoms with Crippen LogP contribution in [0.2, 0.25) is 0 Å². The highest BCUT2D eigenvalue weighted by atomic mass is 16.3. The smallest absolute Gasteiger partial charge is 0.234 e. The van der Waals surface area contributed by atoms with E-state index in [1.807, 2.05) is 7.05 Å². The molecule has 0 atom stereocenters. The Labute approximate surface area is 104 Å². The van der Waals surface area contributed by atoms with E-state index in [1.165, 1.54) is 12.8 Å². The molecule has 0 aliphatic heterocycles. The fraction of sp³-hybridized carbons (Fsp3) is 0.923. The summed E-state index contributed by atoms with van der Waals surface area (Å²) in [6, 6.07) is 0.612. The largest absolute Gasteiger partial charge is 0.396 e. The summed E-state index contributed by atoms with van der Waals surface area (Å²) in [4.78, 5) is 13.9. The van der Waals surface area contributed by atoms with Gasteiger partial charge in [0.2, 0.25) is 5.91 Å². The van der Waals surface area contributed by atoms with E-state index in [0.29, 0.717) is 19.1 Å². The van der Waals surface area contributed by atoms with Crippen LogP contribution in [0.5, 0.6) is 0 Å². The van der Waals surface area contributed by atoms with E-state index in [2.05, 4.69) is 24.1 Å². The summed E-state index contributed by atoms with van der Waals surface area (Å²) in [5.41, 5.74) is -0.145. The van der Waals surface area contributed by atoms with Crippen molar-refractivity contribution in [1.29, 1.82) is 0 Å². The molecule has 0 aromatic carbocycles. The van der Waals surface area contributed by atoms with Crippen molar-refractivity contribution < 1.29 is 9.90 Å². The molecule has 4 nitrogen and oxygen atoms in total. The van der Waals surface area contributed by atoms with E-state index in [9.17, 15) is 9.90 Å². The number of likely N-dealkylation sites (N-methyl/N-ethyl adjacent to an activating group) is 1. The third-order valence-corrected chi connectivity index (χ3v) is 4.06. The number of amides is 1. The van der Waals surface area contributed by atoms with Crippen LogP contribution >= 0.6 is 0 Å². The van der Waals surface area contributed by atoms with Crippen LogP contribution in [0.3, 0.4) is 0 Å². The number of aliphatic hydroxyl groups is 1. The van der Waals surface area contributed by atoms with Crippen molar-refractivity contribution in [3.63, 3.8) is 0 Å². The van der Waals surface area contributed by atoms with Crippen LogP contribution in [0, 0.1) is 5.41 Å². The van der Waals surface area contributed by atoms with Gasteiger partial charge in [-0.25, -0.2) is 0 Å². The maximum atomic E-state index is 11.7. The molecular weight excluding hydrogens is 216 g/mol. The van der Waals surface area contributed by atoms with Crippen LogP contribution in [0.1, 0.15) is 39.5 Å². The molecule has 0 aromatic heterocycles. The van der Waals surface area contributed by atoms with E-state index in [1.54, 1.807) is 0 Å². The zero-order chi connectivity index (χ0) is 12.9. The molecule has 1 amide bonds. The minimum Gasteiger partial charge on any atom is -0.396 e. The number of carbonyl (C=O) groups is 1. The van der Waals surface area contributed by atoms with Crippen molar-refractivity contribution in [3.8, 4) is 0 Å². The van der Waals surface area contributed by atoms with Gasteiger partial charge in [0.05, 0.1) is 13.2 Å². The number of hydrogen-bond acceptors (Lipinski definition) is 3. The Balaban J connectivity index is 2.30. The predicted octanol–water partition coefficient (Wildman–Crippen LogP) is 0.995. The van der Waals surface area contributed by atoms with Crippen molar-refractivity contribution in [3.05, 3.63) is 0 Å². The molecule has 0 aromatic rings. The lowest BCUT2D eigenvalue weighted by Gasteiger charge is -2.29. The number of nitrogens with zero attached hydrogens (tertiary/aromatic N) is 1. The Bertz CT molecular complexity index is 240. The first kappa shape index (κ1) is 14.5. The van der Waals surface area contributed by atoms with Gasteiger partial charge < -0.3 is 10.4 Å². The Hall–Kier alpha value is -0.610. The van der Waals surface area contributed by atoms with Crippen LogP contribution in [0.15, 0.2) is 0 Å². The van der Waals surface area contributed by atoms with Gasteiger partial charge in [0.25, 0.3) is 0 Å². The molecule has 0 spiro atoms. The highest BCUT2D eigenvalue weighted by Gasteiger charge is 2.29. The first-order valence-corrected chi connectivity index (χ1v) is 6.64. The normalized spacial score (nSPS) is 16.3. The summed E-state index contributed by atoms with van der Waals surface area (Å²) in [5, 5.41) is 12.4. The molecule has 0 bridgehead atoms. The van der Waals surface area contributed by atoms with Gasteiger partial charge in [-0.2, -0.15) is 0 Å². The van der Waals surface area contributed by atoms with E-state index in [0.717, 1.165) is 12.8 Å². The third-order valence-electron chi connectivity index (χ3n) is 4.06. The molecule has 1 rings (SSSR count). The van der Waals surface area contributed by atoms with Gasteiger partial charge in [-0.05, 0) is 32.7 Å². The molecule has 1 saturated carbocycles. The van der Waals surface area contributed by atoms with Gasteiger partial charge in [-0.3, -0.25) is 9.69 Å². The predicted molar refractivity (Wildman–Crippen MR) is 68.8 cm³/mol. The molecule has 1 fully saturated rings. The lowest BCUT2D eigenvalue weighted by molar-refractivity contribution is -0.122. The van der Waals surface area contributed by atoms with Crippen molar-refractivity contribution in [2.24, 2.45) is 5.41 Å². The molecule has 0 radical (unpaired) electrons. The minimum atomic E-state index is -0.145. The summed E-state index contributed by atoms with van der Waals surface area (Å²) in [7, 11) is 2.00. The van der Waals surface area contributed by atoms with Crippen LogP contribution in [0.4, 0.5) is 0 Å². The molecule has 0 heterocycles. The second-order valence-electron chi connectivity index (χ2n) is 5.29. The maximum Gasteiger partial charge on any atom is 0.234 e. The lowest BCUT2D eigenvalue weighted by Crippen LogP contribution is -2.43. The highest BCUT2D eigenvalue weighted by Crippen LogP contribution is 2.25. The first-order chi connectivity index (χ1) is 8.06. The Morgan fingerprint density at radius 2 is 2.00 bits per heavy atom. The second-order valence-corrected chi connectivity index (χ2v) is 5.29. The van der Waals surface area contributed by atoms with Gasteiger partial charge in [-0.1, -0.05) is 13.8 Å². The van der Waals surface area contributed by atoms with E-state index in [-0.39, 0.29) is 17.9 Å². The highest BCUT2D eigenvalue weighted by molar-refractivity contribution is 5.78. The molecule has 1 aliphatic rings. The zero-order valence-electron chi connectivity index (χ0n) is 11.3. The molecule has 4 heteroatoms. The van der Waals surface area contributed by atoms with Crippen molar-refractivity contribution >= 4 is 5.91 Å². The topological polar surface area (TPSA) is 52.6 Å². The van der Waals surface area contributed by atoms with E-state index in [4.69, 9.17) is 0 Å². The summed E-state index contributed by atoms with van der Waals surface area (Å²) in [6.45, 7) is 5.30. The van der Waals surface area contributed by atoms with Crippen molar-refractivity contribution in [1.82, 2.24) is 10.2 Å². The Morgan fingerprint density at radius 3 is 2.41 bits per heavy atom. The molecule has 100 valence electrons. The number of nitrogens with one attached hydrogen (secondary N) is 1. The number of rotatable bonds is 8. The fourth-order valence-electron chi connectivity index (χ4n) is 1.99. The van der Waals surface area contributed by atoms with Gasteiger partial charge >= 0.3 is 0 Å². The Kier molecular flexibility index (Phi) is 5.40. The summed E-state index contributed by atoms with van der Waals surface area (Å²) >= 11 is 0. The molecule has 0 saturated heterocycles. The standard InChI is InChI=1S/C13H26N2O2/c1-4-13(5-2,10-16)9-14-12(17)8-15(3)11-6-7-11/h11,16H,4-10H2,1-3H3,(H,14,17). The van der Waals surface area contributed by atoms with Crippen LogP contribution in [0.25, 0.3) is 0 Å². The van der Waals surface area contributed by atoms with E-state index >= 15 is 0 Å². The average Bonchev–Trinajstić information content (AvgIpc) is 3.15. The Morgan fingerprint density at radius 1 is 1.41 bits per heavy atom. The maximum absolute atomic E-state index is 11.7. The summed E-state index contributed by atoms with van der Waals surface area (Å²) in [5.74, 6) is 0.0686. The van der Waals surface area contributed by atoms with Gasteiger partial charge in [0.1, 0.15) is 0 Å². The SMILES string of the molecule is CCC(CC)(CO)CNC(=O)CN(C)C1CC1. The molecule has 0 unspecified atom stereocenters.